The second kappa shape index (κ2) is 8.09. The average Bonchev–Trinajstić information content (AvgIpc) is 2.79. The fourth-order valence-corrected chi connectivity index (χ4v) is 3.99. The number of primary amides is 1. The monoisotopic (exact) mass is 447 g/mol. The SMILES string of the molecule is COc1cc(-c2cc(F)ccc2F)cc2c(N3CCC3C(N)=O)nc(-c3cccnc3)nc12. The van der Waals surface area contributed by atoms with Gasteiger partial charge >= 0.3 is 0 Å². The Morgan fingerprint density at radius 3 is 2.67 bits per heavy atom. The molecule has 1 unspecified atom stereocenters. The van der Waals surface area contributed by atoms with Gasteiger partial charge in [0.2, 0.25) is 5.91 Å². The molecule has 9 heteroatoms. The summed E-state index contributed by atoms with van der Waals surface area (Å²) in [6.07, 6.45) is 3.87. The molecule has 0 spiro atoms. The number of nitrogens with zero attached hydrogens (tertiary/aromatic N) is 4. The van der Waals surface area contributed by atoms with Crippen LogP contribution in [0.2, 0.25) is 0 Å². The summed E-state index contributed by atoms with van der Waals surface area (Å²) in [5.74, 6) is -0.391. The zero-order valence-electron chi connectivity index (χ0n) is 17.6. The van der Waals surface area contributed by atoms with Crippen molar-refractivity contribution in [3.63, 3.8) is 0 Å². The quantitative estimate of drug-likeness (QED) is 0.501. The fourth-order valence-electron chi connectivity index (χ4n) is 3.99. The lowest BCUT2D eigenvalue weighted by molar-refractivity contribution is -0.120. The van der Waals surface area contributed by atoms with Crippen LogP contribution >= 0.6 is 0 Å². The number of rotatable bonds is 5. The van der Waals surface area contributed by atoms with E-state index in [9.17, 15) is 13.6 Å². The molecule has 0 bridgehead atoms. The first-order valence-corrected chi connectivity index (χ1v) is 10.3. The van der Waals surface area contributed by atoms with E-state index in [2.05, 4.69) is 9.97 Å². The first-order chi connectivity index (χ1) is 16.0. The first-order valence-electron chi connectivity index (χ1n) is 10.3. The molecule has 3 heterocycles. The maximum absolute atomic E-state index is 14.6. The summed E-state index contributed by atoms with van der Waals surface area (Å²) in [4.78, 5) is 27.3. The van der Waals surface area contributed by atoms with E-state index in [0.29, 0.717) is 52.4 Å². The van der Waals surface area contributed by atoms with Crippen molar-refractivity contribution < 1.29 is 18.3 Å². The van der Waals surface area contributed by atoms with Gasteiger partial charge in [-0.25, -0.2) is 18.7 Å². The molecule has 1 amide bonds. The van der Waals surface area contributed by atoms with E-state index < -0.39 is 23.6 Å². The Morgan fingerprint density at radius 1 is 1.15 bits per heavy atom. The average molecular weight is 447 g/mol. The Hall–Kier alpha value is -4.14. The van der Waals surface area contributed by atoms with Crippen molar-refractivity contribution in [1.82, 2.24) is 15.0 Å². The highest BCUT2D eigenvalue weighted by Crippen LogP contribution is 2.40. The highest BCUT2D eigenvalue weighted by Gasteiger charge is 2.35. The fraction of sp³-hybridized carbons (Fsp3) is 0.167. The maximum atomic E-state index is 14.6. The lowest BCUT2D eigenvalue weighted by atomic mass is 9.98. The maximum Gasteiger partial charge on any atom is 0.240 e. The van der Waals surface area contributed by atoms with E-state index in [1.54, 1.807) is 35.5 Å². The topological polar surface area (TPSA) is 94.2 Å². The number of nitrogens with two attached hydrogens (primary N) is 1. The zero-order valence-corrected chi connectivity index (χ0v) is 17.6. The van der Waals surface area contributed by atoms with E-state index in [-0.39, 0.29) is 5.56 Å². The minimum atomic E-state index is -0.578. The number of pyridine rings is 1. The normalized spacial score (nSPS) is 15.4. The molecule has 1 atom stereocenters. The molecule has 0 saturated carbocycles. The van der Waals surface area contributed by atoms with Crippen LogP contribution in [0.1, 0.15) is 6.42 Å². The molecule has 166 valence electrons. The van der Waals surface area contributed by atoms with Crippen LogP contribution in [0.25, 0.3) is 33.4 Å². The van der Waals surface area contributed by atoms with Crippen LogP contribution < -0.4 is 15.4 Å². The van der Waals surface area contributed by atoms with E-state index in [0.717, 1.165) is 18.2 Å². The van der Waals surface area contributed by atoms with Gasteiger partial charge in [-0.05, 0) is 54.4 Å². The number of ether oxygens (including phenoxy) is 1. The van der Waals surface area contributed by atoms with E-state index in [1.165, 1.54) is 7.11 Å². The highest BCUT2D eigenvalue weighted by molar-refractivity contribution is 6.00. The van der Waals surface area contributed by atoms with Gasteiger partial charge in [0.1, 0.15) is 34.8 Å². The van der Waals surface area contributed by atoms with Crippen LogP contribution in [0.4, 0.5) is 14.6 Å². The number of hydrogen-bond acceptors (Lipinski definition) is 6. The van der Waals surface area contributed by atoms with Gasteiger partial charge in [0, 0.05) is 35.5 Å². The van der Waals surface area contributed by atoms with Crippen molar-refractivity contribution in [2.45, 2.75) is 12.5 Å². The third kappa shape index (κ3) is 3.61. The minimum Gasteiger partial charge on any atom is -0.494 e. The molecule has 33 heavy (non-hydrogen) atoms. The van der Waals surface area contributed by atoms with Gasteiger partial charge < -0.3 is 15.4 Å². The number of hydrogen-bond donors (Lipinski definition) is 1. The van der Waals surface area contributed by atoms with Crippen molar-refractivity contribution in [2.24, 2.45) is 5.73 Å². The van der Waals surface area contributed by atoms with Crippen molar-refractivity contribution in [2.75, 3.05) is 18.6 Å². The van der Waals surface area contributed by atoms with Gasteiger partial charge in [-0.15, -0.1) is 0 Å². The highest BCUT2D eigenvalue weighted by atomic mass is 19.1. The third-order valence-corrected chi connectivity index (χ3v) is 5.74. The lowest BCUT2D eigenvalue weighted by Gasteiger charge is -2.40. The molecule has 2 aromatic carbocycles. The summed E-state index contributed by atoms with van der Waals surface area (Å²) in [7, 11) is 1.47. The summed E-state index contributed by atoms with van der Waals surface area (Å²) in [6.45, 7) is 0.563. The molecule has 0 aliphatic carbocycles. The van der Waals surface area contributed by atoms with Crippen LogP contribution in [-0.2, 0) is 4.79 Å². The summed E-state index contributed by atoms with van der Waals surface area (Å²) in [5, 5.41) is 0.534. The second-order valence-corrected chi connectivity index (χ2v) is 7.71. The second-order valence-electron chi connectivity index (χ2n) is 7.71. The van der Waals surface area contributed by atoms with Crippen LogP contribution in [0.5, 0.6) is 5.75 Å². The van der Waals surface area contributed by atoms with Crippen LogP contribution in [0.3, 0.4) is 0 Å². The summed E-state index contributed by atoms with van der Waals surface area (Å²) >= 11 is 0. The molecule has 1 fully saturated rings. The van der Waals surface area contributed by atoms with E-state index in [4.69, 9.17) is 15.5 Å². The van der Waals surface area contributed by atoms with Gasteiger partial charge in [-0.3, -0.25) is 9.78 Å². The molecule has 1 aliphatic rings. The molecular weight excluding hydrogens is 428 g/mol. The number of carbonyl (C=O) groups is 1. The van der Waals surface area contributed by atoms with E-state index >= 15 is 0 Å². The van der Waals surface area contributed by atoms with Crippen LogP contribution in [0.15, 0.2) is 54.9 Å². The van der Waals surface area contributed by atoms with Crippen molar-refractivity contribution >= 4 is 22.6 Å². The number of methoxy groups -OCH3 is 1. The van der Waals surface area contributed by atoms with Gasteiger partial charge in [0.25, 0.3) is 0 Å². The van der Waals surface area contributed by atoms with Crippen molar-refractivity contribution in [3.8, 4) is 28.3 Å². The van der Waals surface area contributed by atoms with Gasteiger partial charge in [0.15, 0.2) is 5.82 Å². The van der Waals surface area contributed by atoms with E-state index in [1.807, 2.05) is 6.07 Å². The zero-order chi connectivity index (χ0) is 23.1. The smallest absolute Gasteiger partial charge is 0.240 e. The molecule has 2 aromatic heterocycles. The first kappa shape index (κ1) is 20.7. The van der Waals surface area contributed by atoms with Gasteiger partial charge in [-0.1, -0.05) is 0 Å². The molecule has 0 radical (unpaired) electrons. The summed E-state index contributed by atoms with van der Waals surface area (Å²) < 4.78 is 34.0. The Balaban J connectivity index is 1.80. The number of fused-ring (bicyclic) bond motifs is 1. The molecule has 1 saturated heterocycles. The minimum absolute atomic E-state index is 0.0764. The Bertz CT molecular complexity index is 1380. The third-order valence-electron chi connectivity index (χ3n) is 5.74. The lowest BCUT2D eigenvalue weighted by Crippen LogP contribution is -2.55. The van der Waals surface area contributed by atoms with Gasteiger partial charge in [-0.2, -0.15) is 0 Å². The van der Waals surface area contributed by atoms with Crippen molar-refractivity contribution in [3.05, 3.63) is 66.5 Å². The molecular formula is C24H19F2N5O2. The number of benzene rings is 2. The van der Waals surface area contributed by atoms with Crippen LogP contribution in [0, 0.1) is 11.6 Å². The molecule has 1 aliphatic heterocycles. The summed E-state index contributed by atoms with van der Waals surface area (Å²) in [5.41, 5.74) is 7.20. The van der Waals surface area contributed by atoms with Crippen LogP contribution in [-0.4, -0.2) is 40.6 Å². The molecule has 7 nitrogen and oxygen atoms in total. The Kier molecular flexibility index (Phi) is 5.08. The number of halogens is 2. The predicted molar refractivity (Wildman–Crippen MR) is 120 cm³/mol. The Labute approximate surface area is 187 Å². The molecule has 4 aromatic rings. The number of amides is 1. The number of anilines is 1. The molecule has 2 N–H and O–H groups in total. The largest absolute Gasteiger partial charge is 0.494 e. The number of carbonyl (C=O) groups excluding carboxylic acids is 1. The Morgan fingerprint density at radius 2 is 2.00 bits per heavy atom. The van der Waals surface area contributed by atoms with Crippen molar-refractivity contribution in [1.29, 1.82) is 0 Å². The number of aromatic nitrogens is 3. The predicted octanol–water partition coefficient (Wildman–Crippen LogP) is 3.71. The molecule has 5 rings (SSSR count). The standard InChI is InChI=1S/C24H19F2N5O2/c1-33-20-10-14(16-11-15(25)4-5-18(16)26)9-17-21(20)29-23(13-3-2-7-28-12-13)30-24(17)31-8-6-19(31)22(27)32/h2-5,7,9-12,19H,6,8H2,1H3,(H2,27,32). The summed E-state index contributed by atoms with van der Waals surface area (Å²) in [6, 6.07) is 9.60. The van der Waals surface area contributed by atoms with Gasteiger partial charge in [0.05, 0.1) is 7.11 Å².